The molecule has 4 nitrogen and oxygen atoms in total. The van der Waals surface area contributed by atoms with E-state index in [1.54, 1.807) is 12.1 Å². The Kier molecular flexibility index (Phi) is 2.92. The van der Waals surface area contributed by atoms with Crippen molar-refractivity contribution in [1.29, 1.82) is 0 Å². The monoisotopic (exact) mass is 235 g/mol. The van der Waals surface area contributed by atoms with Gasteiger partial charge in [0.25, 0.3) is 0 Å². The quantitative estimate of drug-likeness (QED) is 0.870. The Morgan fingerprint density at radius 3 is 2.56 bits per heavy atom. The zero-order chi connectivity index (χ0) is 11.5. The van der Waals surface area contributed by atoms with E-state index in [0.717, 1.165) is 5.56 Å². The van der Waals surface area contributed by atoms with E-state index >= 15 is 0 Å². The van der Waals surface area contributed by atoms with Gasteiger partial charge in [-0.2, -0.15) is 0 Å². The minimum Gasteiger partial charge on any atom is -0.424 e. The summed E-state index contributed by atoms with van der Waals surface area (Å²) in [6.45, 7) is 1.90. The third-order valence-corrected chi connectivity index (χ3v) is 2.41. The molecule has 0 spiro atoms. The fraction of sp³-hybridized carbons (Fsp3) is 0.0909. The molecule has 2 N–H and O–H groups in total. The normalized spacial score (nSPS) is 10.1. The van der Waals surface area contributed by atoms with Crippen molar-refractivity contribution in [3.05, 3.63) is 41.2 Å². The van der Waals surface area contributed by atoms with E-state index in [2.05, 4.69) is 9.97 Å². The largest absolute Gasteiger partial charge is 0.424 e. The third kappa shape index (κ3) is 2.41. The molecule has 1 aromatic heterocycles. The number of nitrogens with two attached hydrogens (primary N) is 1. The van der Waals surface area contributed by atoms with Crippen LogP contribution in [0.3, 0.4) is 0 Å². The maximum atomic E-state index is 5.90. The van der Waals surface area contributed by atoms with Crippen LogP contribution in [-0.2, 0) is 0 Å². The first-order chi connectivity index (χ1) is 7.65. The SMILES string of the molecule is Cc1cc(Oc2ncc(N)cn2)ccc1Cl. The summed E-state index contributed by atoms with van der Waals surface area (Å²) in [5, 5.41) is 0.700. The van der Waals surface area contributed by atoms with Crippen LogP contribution in [0.25, 0.3) is 0 Å². The Balaban J connectivity index is 2.20. The van der Waals surface area contributed by atoms with Gasteiger partial charge in [0.1, 0.15) is 5.75 Å². The molecule has 0 saturated heterocycles. The van der Waals surface area contributed by atoms with E-state index in [1.165, 1.54) is 12.4 Å². The van der Waals surface area contributed by atoms with Gasteiger partial charge in [0.05, 0.1) is 18.1 Å². The second-order valence-corrected chi connectivity index (χ2v) is 3.72. The molecule has 0 bridgehead atoms. The minimum absolute atomic E-state index is 0.260. The highest BCUT2D eigenvalue weighted by atomic mass is 35.5. The standard InChI is InChI=1S/C11H10ClN3O/c1-7-4-9(2-3-10(7)12)16-11-14-5-8(13)6-15-11/h2-6H,13H2,1H3. The van der Waals surface area contributed by atoms with Crippen LogP contribution >= 0.6 is 11.6 Å². The molecular weight excluding hydrogens is 226 g/mol. The Bertz CT molecular complexity index is 499. The molecule has 2 rings (SSSR count). The van der Waals surface area contributed by atoms with Crippen molar-refractivity contribution in [2.45, 2.75) is 6.92 Å². The van der Waals surface area contributed by atoms with E-state index in [-0.39, 0.29) is 6.01 Å². The number of hydrogen-bond acceptors (Lipinski definition) is 4. The maximum Gasteiger partial charge on any atom is 0.322 e. The summed E-state index contributed by atoms with van der Waals surface area (Å²) in [4.78, 5) is 7.87. The molecule has 0 amide bonds. The van der Waals surface area contributed by atoms with Crippen LogP contribution in [0.4, 0.5) is 5.69 Å². The molecule has 5 heteroatoms. The lowest BCUT2D eigenvalue weighted by Gasteiger charge is -2.05. The average molecular weight is 236 g/mol. The Morgan fingerprint density at radius 2 is 1.94 bits per heavy atom. The van der Waals surface area contributed by atoms with Gasteiger partial charge in [-0.05, 0) is 30.7 Å². The molecule has 0 fully saturated rings. The molecular formula is C11H10ClN3O. The van der Waals surface area contributed by atoms with E-state index in [4.69, 9.17) is 22.1 Å². The summed E-state index contributed by atoms with van der Waals surface area (Å²) in [6.07, 6.45) is 2.98. The number of nitrogen functional groups attached to an aromatic ring is 1. The van der Waals surface area contributed by atoms with Crippen molar-refractivity contribution >= 4 is 17.3 Å². The van der Waals surface area contributed by atoms with Crippen LogP contribution < -0.4 is 10.5 Å². The molecule has 0 aliphatic rings. The number of anilines is 1. The number of hydrogen-bond donors (Lipinski definition) is 1. The second kappa shape index (κ2) is 4.37. The number of aromatic nitrogens is 2. The molecule has 0 atom stereocenters. The van der Waals surface area contributed by atoms with E-state index < -0.39 is 0 Å². The van der Waals surface area contributed by atoms with Crippen molar-refractivity contribution < 1.29 is 4.74 Å². The summed E-state index contributed by atoms with van der Waals surface area (Å²) in [7, 11) is 0. The Labute approximate surface area is 98.0 Å². The minimum atomic E-state index is 0.260. The molecule has 0 aliphatic carbocycles. The highest BCUT2D eigenvalue weighted by molar-refractivity contribution is 6.31. The van der Waals surface area contributed by atoms with Crippen LogP contribution in [0.5, 0.6) is 11.8 Å². The summed E-state index contributed by atoms with van der Waals surface area (Å²) in [5.74, 6) is 0.645. The lowest BCUT2D eigenvalue weighted by atomic mass is 10.2. The van der Waals surface area contributed by atoms with Gasteiger partial charge in [0, 0.05) is 5.02 Å². The Morgan fingerprint density at radius 1 is 1.25 bits per heavy atom. The van der Waals surface area contributed by atoms with Crippen LogP contribution in [0.2, 0.25) is 5.02 Å². The first-order valence-electron chi connectivity index (χ1n) is 4.66. The van der Waals surface area contributed by atoms with Crippen molar-refractivity contribution in [2.75, 3.05) is 5.73 Å². The lowest BCUT2D eigenvalue weighted by Crippen LogP contribution is -1.94. The van der Waals surface area contributed by atoms with Crippen molar-refractivity contribution in [1.82, 2.24) is 9.97 Å². The van der Waals surface area contributed by atoms with Crippen LogP contribution in [-0.4, -0.2) is 9.97 Å². The van der Waals surface area contributed by atoms with Gasteiger partial charge in [0.15, 0.2) is 0 Å². The fourth-order valence-electron chi connectivity index (χ4n) is 1.16. The molecule has 0 radical (unpaired) electrons. The van der Waals surface area contributed by atoms with Crippen molar-refractivity contribution in [3.8, 4) is 11.8 Å². The molecule has 0 saturated carbocycles. The smallest absolute Gasteiger partial charge is 0.322 e. The first kappa shape index (κ1) is 10.7. The van der Waals surface area contributed by atoms with Crippen LogP contribution in [0.15, 0.2) is 30.6 Å². The average Bonchev–Trinajstić information content (AvgIpc) is 2.27. The molecule has 16 heavy (non-hydrogen) atoms. The number of ether oxygens (including phenoxy) is 1. The lowest BCUT2D eigenvalue weighted by molar-refractivity contribution is 0.442. The summed E-state index contributed by atoms with van der Waals surface area (Å²) in [5.41, 5.74) is 6.91. The molecule has 2 aromatic rings. The molecule has 1 aromatic carbocycles. The van der Waals surface area contributed by atoms with Crippen LogP contribution in [0, 0.1) is 6.92 Å². The highest BCUT2D eigenvalue weighted by Gasteiger charge is 2.02. The topological polar surface area (TPSA) is 61.0 Å². The maximum absolute atomic E-state index is 5.90. The predicted molar refractivity (Wildman–Crippen MR) is 62.7 cm³/mol. The number of benzene rings is 1. The molecule has 0 aliphatic heterocycles. The van der Waals surface area contributed by atoms with Gasteiger partial charge in [-0.1, -0.05) is 11.6 Å². The van der Waals surface area contributed by atoms with E-state index in [9.17, 15) is 0 Å². The molecule has 1 heterocycles. The van der Waals surface area contributed by atoms with Gasteiger partial charge in [-0.15, -0.1) is 0 Å². The van der Waals surface area contributed by atoms with Crippen molar-refractivity contribution in [2.24, 2.45) is 0 Å². The van der Waals surface area contributed by atoms with E-state index in [1.807, 2.05) is 13.0 Å². The number of rotatable bonds is 2. The van der Waals surface area contributed by atoms with Gasteiger partial charge in [0.2, 0.25) is 0 Å². The van der Waals surface area contributed by atoms with Gasteiger partial charge >= 0.3 is 6.01 Å². The molecule has 0 unspecified atom stereocenters. The zero-order valence-corrected chi connectivity index (χ0v) is 9.40. The fourth-order valence-corrected chi connectivity index (χ4v) is 1.28. The number of halogens is 1. The summed E-state index contributed by atoms with van der Waals surface area (Å²) in [6, 6.07) is 5.61. The van der Waals surface area contributed by atoms with Gasteiger partial charge < -0.3 is 10.5 Å². The summed E-state index contributed by atoms with van der Waals surface area (Å²) >= 11 is 5.90. The highest BCUT2D eigenvalue weighted by Crippen LogP contribution is 2.23. The Hall–Kier alpha value is -1.81. The second-order valence-electron chi connectivity index (χ2n) is 3.31. The number of nitrogens with zero attached hydrogens (tertiary/aromatic N) is 2. The van der Waals surface area contributed by atoms with E-state index in [0.29, 0.717) is 16.5 Å². The van der Waals surface area contributed by atoms with Crippen LogP contribution in [0.1, 0.15) is 5.56 Å². The summed E-state index contributed by atoms with van der Waals surface area (Å²) < 4.78 is 5.43. The van der Waals surface area contributed by atoms with Crippen molar-refractivity contribution in [3.63, 3.8) is 0 Å². The van der Waals surface area contributed by atoms with Gasteiger partial charge in [-0.3, -0.25) is 0 Å². The predicted octanol–water partition coefficient (Wildman–Crippen LogP) is 2.81. The molecule has 82 valence electrons. The zero-order valence-electron chi connectivity index (χ0n) is 8.64. The first-order valence-corrected chi connectivity index (χ1v) is 5.04. The van der Waals surface area contributed by atoms with Gasteiger partial charge in [-0.25, -0.2) is 9.97 Å². The third-order valence-electron chi connectivity index (χ3n) is 1.99. The number of aryl methyl sites for hydroxylation is 1.